The minimum absolute atomic E-state index is 0.807. The Morgan fingerprint density at radius 2 is 2.08 bits per heavy atom. The van der Waals surface area contributed by atoms with Gasteiger partial charge in [-0.2, -0.15) is 0 Å². The zero-order chi connectivity index (χ0) is 9.68. The Balaban J connectivity index is 3.12. The highest BCUT2D eigenvalue weighted by Crippen LogP contribution is 2.22. The van der Waals surface area contributed by atoms with Gasteiger partial charge in [-0.05, 0) is 24.6 Å². The van der Waals surface area contributed by atoms with Gasteiger partial charge in [-0.3, -0.25) is 4.79 Å². The maximum Gasteiger partial charge on any atom is 0.143 e. The first-order valence-electron chi connectivity index (χ1n) is 4.19. The average molecular weight is 175 g/mol. The van der Waals surface area contributed by atoms with E-state index in [2.05, 4.69) is 5.32 Å². The smallest absolute Gasteiger partial charge is 0.143 e. The number of anilines is 1. The number of para-hydroxylation sites is 1. The third kappa shape index (κ3) is 2.18. The quantitative estimate of drug-likeness (QED) is 0.564. The standard InChI is InChI=1S/C11H13NO/c1-9(7-8-13)10-5-3-4-6-11(10)12-2/h3-8,12H,1-2H3. The summed E-state index contributed by atoms with van der Waals surface area (Å²) in [4.78, 5) is 10.3. The van der Waals surface area contributed by atoms with Crippen molar-refractivity contribution < 1.29 is 4.79 Å². The zero-order valence-electron chi connectivity index (χ0n) is 7.87. The summed E-state index contributed by atoms with van der Waals surface area (Å²) in [6.45, 7) is 1.92. The van der Waals surface area contributed by atoms with Gasteiger partial charge in [0.1, 0.15) is 6.29 Å². The lowest BCUT2D eigenvalue weighted by molar-refractivity contribution is -0.104. The normalized spacial score (nSPS) is 11.1. The molecule has 0 spiro atoms. The van der Waals surface area contributed by atoms with Gasteiger partial charge in [-0.25, -0.2) is 0 Å². The summed E-state index contributed by atoms with van der Waals surface area (Å²) in [5, 5.41) is 3.08. The van der Waals surface area contributed by atoms with Crippen LogP contribution in [0, 0.1) is 0 Å². The fraction of sp³-hybridized carbons (Fsp3) is 0.182. The molecule has 0 fully saturated rings. The van der Waals surface area contributed by atoms with Gasteiger partial charge < -0.3 is 5.32 Å². The van der Waals surface area contributed by atoms with Crippen molar-refractivity contribution in [3.8, 4) is 0 Å². The molecule has 1 rings (SSSR count). The summed E-state index contributed by atoms with van der Waals surface area (Å²) in [6, 6.07) is 7.89. The van der Waals surface area contributed by atoms with E-state index in [-0.39, 0.29) is 0 Å². The Morgan fingerprint density at radius 3 is 2.69 bits per heavy atom. The molecule has 0 bridgehead atoms. The van der Waals surface area contributed by atoms with Crippen LogP contribution in [0.15, 0.2) is 30.3 Å². The highest BCUT2D eigenvalue weighted by atomic mass is 16.1. The minimum Gasteiger partial charge on any atom is -0.388 e. The first-order chi connectivity index (χ1) is 6.29. The van der Waals surface area contributed by atoms with Crippen LogP contribution in [0.3, 0.4) is 0 Å². The largest absolute Gasteiger partial charge is 0.388 e. The number of benzene rings is 1. The topological polar surface area (TPSA) is 29.1 Å². The summed E-state index contributed by atoms with van der Waals surface area (Å²) in [5.41, 5.74) is 3.08. The van der Waals surface area contributed by atoms with Crippen molar-refractivity contribution >= 4 is 17.5 Å². The lowest BCUT2D eigenvalue weighted by atomic mass is 10.1. The van der Waals surface area contributed by atoms with Crippen molar-refractivity contribution in [2.45, 2.75) is 6.92 Å². The zero-order valence-corrected chi connectivity index (χ0v) is 7.87. The molecule has 2 nitrogen and oxygen atoms in total. The minimum atomic E-state index is 0.807. The van der Waals surface area contributed by atoms with E-state index in [1.54, 1.807) is 6.08 Å². The molecule has 2 heteroatoms. The van der Waals surface area contributed by atoms with Gasteiger partial charge in [0.2, 0.25) is 0 Å². The maximum atomic E-state index is 10.3. The third-order valence-corrected chi connectivity index (χ3v) is 1.94. The van der Waals surface area contributed by atoms with Gasteiger partial charge in [0.25, 0.3) is 0 Å². The molecule has 0 atom stereocenters. The van der Waals surface area contributed by atoms with Gasteiger partial charge in [0, 0.05) is 18.3 Å². The Labute approximate surface area is 78.3 Å². The Hall–Kier alpha value is -1.57. The molecule has 0 saturated carbocycles. The van der Waals surface area contributed by atoms with Crippen LogP contribution < -0.4 is 5.32 Å². The number of hydrogen-bond donors (Lipinski definition) is 1. The molecule has 0 aliphatic rings. The molecule has 13 heavy (non-hydrogen) atoms. The average Bonchev–Trinajstić information content (AvgIpc) is 2.18. The molecule has 1 aromatic rings. The highest BCUT2D eigenvalue weighted by Gasteiger charge is 1.99. The number of nitrogens with one attached hydrogen (secondary N) is 1. The molecular weight excluding hydrogens is 162 g/mol. The molecule has 1 aromatic carbocycles. The lowest BCUT2D eigenvalue weighted by Crippen LogP contribution is -1.93. The number of hydrogen-bond acceptors (Lipinski definition) is 2. The molecular formula is C11H13NO. The fourth-order valence-electron chi connectivity index (χ4n) is 1.24. The number of rotatable bonds is 3. The summed E-state index contributed by atoms with van der Waals surface area (Å²) >= 11 is 0. The summed E-state index contributed by atoms with van der Waals surface area (Å²) in [6.07, 6.45) is 2.37. The molecule has 0 aliphatic carbocycles. The van der Waals surface area contributed by atoms with Crippen LogP contribution in [0.5, 0.6) is 0 Å². The van der Waals surface area contributed by atoms with Crippen LogP contribution in [0.2, 0.25) is 0 Å². The van der Waals surface area contributed by atoms with Gasteiger partial charge in [0.15, 0.2) is 0 Å². The second-order valence-electron chi connectivity index (χ2n) is 2.78. The van der Waals surface area contributed by atoms with E-state index >= 15 is 0 Å². The number of aldehydes is 1. The van der Waals surface area contributed by atoms with Crippen molar-refractivity contribution in [1.82, 2.24) is 0 Å². The first kappa shape index (κ1) is 9.52. The van der Waals surface area contributed by atoms with Crippen molar-refractivity contribution in [2.24, 2.45) is 0 Å². The molecule has 0 aromatic heterocycles. The predicted molar refractivity (Wildman–Crippen MR) is 55.7 cm³/mol. The van der Waals surface area contributed by atoms with E-state index in [0.717, 1.165) is 23.1 Å². The van der Waals surface area contributed by atoms with Gasteiger partial charge in [0.05, 0.1) is 0 Å². The molecule has 0 heterocycles. The Bertz CT molecular complexity index is 329. The molecule has 68 valence electrons. The van der Waals surface area contributed by atoms with Gasteiger partial charge in [-0.15, -0.1) is 0 Å². The molecule has 0 unspecified atom stereocenters. The second-order valence-corrected chi connectivity index (χ2v) is 2.78. The fourth-order valence-corrected chi connectivity index (χ4v) is 1.24. The van der Waals surface area contributed by atoms with Crippen molar-refractivity contribution in [2.75, 3.05) is 12.4 Å². The number of allylic oxidation sites excluding steroid dienone is 2. The number of carbonyl (C=O) groups excluding carboxylic acids is 1. The molecule has 0 amide bonds. The molecule has 0 radical (unpaired) electrons. The van der Waals surface area contributed by atoms with Crippen LogP contribution >= 0.6 is 0 Å². The van der Waals surface area contributed by atoms with Crippen LogP contribution in [-0.2, 0) is 4.79 Å². The molecule has 0 saturated heterocycles. The highest BCUT2D eigenvalue weighted by molar-refractivity contribution is 5.84. The molecule has 1 N–H and O–H groups in total. The summed E-state index contributed by atoms with van der Waals surface area (Å²) in [7, 11) is 1.87. The van der Waals surface area contributed by atoms with E-state index in [1.165, 1.54) is 0 Å². The third-order valence-electron chi connectivity index (χ3n) is 1.94. The first-order valence-corrected chi connectivity index (χ1v) is 4.19. The summed E-state index contributed by atoms with van der Waals surface area (Å²) in [5.74, 6) is 0. The van der Waals surface area contributed by atoms with E-state index in [1.807, 2.05) is 38.2 Å². The van der Waals surface area contributed by atoms with Gasteiger partial charge in [-0.1, -0.05) is 18.2 Å². The predicted octanol–water partition coefficient (Wildman–Crippen LogP) is 2.33. The van der Waals surface area contributed by atoms with Crippen molar-refractivity contribution in [1.29, 1.82) is 0 Å². The Kier molecular flexibility index (Phi) is 3.26. The lowest BCUT2D eigenvalue weighted by Gasteiger charge is -2.07. The van der Waals surface area contributed by atoms with Crippen LogP contribution in [0.25, 0.3) is 5.57 Å². The number of carbonyl (C=O) groups is 1. The van der Waals surface area contributed by atoms with Crippen LogP contribution in [-0.4, -0.2) is 13.3 Å². The monoisotopic (exact) mass is 175 g/mol. The summed E-state index contributed by atoms with van der Waals surface area (Å²) < 4.78 is 0. The van der Waals surface area contributed by atoms with E-state index < -0.39 is 0 Å². The Morgan fingerprint density at radius 1 is 1.38 bits per heavy atom. The van der Waals surface area contributed by atoms with Crippen molar-refractivity contribution in [3.63, 3.8) is 0 Å². The van der Waals surface area contributed by atoms with Crippen molar-refractivity contribution in [3.05, 3.63) is 35.9 Å². The van der Waals surface area contributed by atoms with E-state index in [4.69, 9.17) is 0 Å². The van der Waals surface area contributed by atoms with Crippen LogP contribution in [0.1, 0.15) is 12.5 Å². The maximum absolute atomic E-state index is 10.3. The van der Waals surface area contributed by atoms with E-state index in [0.29, 0.717) is 0 Å². The van der Waals surface area contributed by atoms with Gasteiger partial charge >= 0.3 is 0 Å². The molecule has 0 aliphatic heterocycles. The SMILES string of the molecule is CNc1ccccc1C(C)=CC=O. The van der Waals surface area contributed by atoms with Crippen LogP contribution in [0.4, 0.5) is 5.69 Å². The van der Waals surface area contributed by atoms with E-state index in [9.17, 15) is 4.79 Å². The second kappa shape index (κ2) is 4.45.